The van der Waals surface area contributed by atoms with Gasteiger partial charge in [-0.3, -0.25) is 15.0 Å². The molecule has 0 fully saturated rings. The number of amides is 1. The van der Waals surface area contributed by atoms with Crippen LogP contribution in [0.1, 0.15) is 47.7 Å². The number of nitrogens with one attached hydrogen (secondary N) is 1. The number of halogens is 5. The Morgan fingerprint density at radius 2 is 1.87 bits per heavy atom. The number of quaternary nitrogens is 1. The summed E-state index contributed by atoms with van der Waals surface area (Å²) in [6, 6.07) is 15.2. The number of benzene rings is 2. The van der Waals surface area contributed by atoms with E-state index in [9.17, 15) is 19.1 Å². The molecule has 0 spiro atoms. The number of thiazole rings is 1. The number of aromatic nitrogens is 2. The summed E-state index contributed by atoms with van der Waals surface area (Å²) in [6.07, 6.45) is 2.47. The van der Waals surface area contributed by atoms with Gasteiger partial charge in [-0.05, 0) is 44.4 Å². The molecule has 2 aromatic heterocycles. The van der Waals surface area contributed by atoms with Crippen molar-refractivity contribution in [2.45, 2.75) is 31.6 Å². The van der Waals surface area contributed by atoms with Crippen LogP contribution < -0.4 is 17.7 Å². The molecule has 0 saturated carbocycles. The second-order valence-electron chi connectivity index (χ2n) is 12.0. The highest BCUT2D eigenvalue weighted by Crippen LogP contribution is 2.42. The van der Waals surface area contributed by atoms with Gasteiger partial charge in [0.2, 0.25) is 6.34 Å². The molecule has 1 aliphatic heterocycles. The molecule has 288 valence electrons. The van der Waals surface area contributed by atoms with Crippen molar-refractivity contribution in [2.24, 2.45) is 10.1 Å². The molecule has 19 heteroatoms. The van der Waals surface area contributed by atoms with Crippen molar-refractivity contribution in [3.05, 3.63) is 99.5 Å². The van der Waals surface area contributed by atoms with Crippen molar-refractivity contribution < 1.29 is 49.9 Å². The number of ether oxygens (including phenoxy) is 2. The lowest BCUT2D eigenvalue weighted by Gasteiger charge is -2.38. The number of nitrogens with zero attached hydrogens (tertiary/aromatic N) is 7. The number of hydrogen-bond acceptors (Lipinski definition) is 12. The van der Waals surface area contributed by atoms with Crippen LogP contribution in [0.3, 0.4) is 0 Å². The molecule has 0 radical (unpaired) electrons. The van der Waals surface area contributed by atoms with Gasteiger partial charge in [-0.1, -0.05) is 30.2 Å². The standard InChI is InChI=1S/C35H34F2N8O5S.3ClH/c1-22(32-42-30(18-51-32)25-9-7-24(17-38)8-10-25)35(48,28-12-11-26(36)16-29(28)37)19-45(21-39-20-41-45)14-15-49-34(47)43-31-27(6-5-13-40-31)33(44(3)4)50-23(2)46;;;/h5-13,16,18,20-22,33,48H,14-15,19H2,1-4H3;3*1H/t22-,33?,35+,45?;;;/m0.../s1. The van der Waals surface area contributed by atoms with E-state index in [1.54, 1.807) is 67.7 Å². The molecule has 2 unspecified atom stereocenters. The molecule has 13 nitrogen and oxygen atoms in total. The summed E-state index contributed by atoms with van der Waals surface area (Å²) in [5.74, 6) is -3.02. The molecule has 0 saturated heterocycles. The molecule has 2 aromatic carbocycles. The van der Waals surface area contributed by atoms with Crippen LogP contribution in [0.15, 0.2) is 76.3 Å². The summed E-state index contributed by atoms with van der Waals surface area (Å²) in [5.41, 5.74) is 0.0538. The van der Waals surface area contributed by atoms with Gasteiger partial charge in [-0.2, -0.15) is 10.3 Å². The van der Waals surface area contributed by atoms with Gasteiger partial charge in [-0.25, -0.2) is 23.5 Å². The monoisotopic (exact) mass is 824 g/mol. The Balaban J connectivity index is 0.00000336. The third kappa shape index (κ3) is 10.5. The maximum absolute atomic E-state index is 15.5. The van der Waals surface area contributed by atoms with Crippen LogP contribution in [0.4, 0.5) is 19.4 Å². The van der Waals surface area contributed by atoms with E-state index in [4.69, 9.17) is 19.7 Å². The lowest BCUT2D eigenvalue weighted by molar-refractivity contribution is -0.848. The van der Waals surface area contributed by atoms with Gasteiger partial charge in [0, 0.05) is 41.6 Å². The molecule has 54 heavy (non-hydrogen) atoms. The van der Waals surface area contributed by atoms with Crippen LogP contribution in [0, 0.1) is 23.0 Å². The highest BCUT2D eigenvalue weighted by Gasteiger charge is 2.49. The molecule has 0 aliphatic carbocycles. The van der Waals surface area contributed by atoms with E-state index < -0.39 is 46.0 Å². The van der Waals surface area contributed by atoms with E-state index >= 15 is 4.39 Å². The van der Waals surface area contributed by atoms with Gasteiger partial charge in [-0.15, -0.1) is 40.7 Å². The predicted molar refractivity (Wildman–Crippen MR) is 200 cm³/mol. The topological polar surface area (TPSA) is 162 Å². The second-order valence-corrected chi connectivity index (χ2v) is 12.9. The Hall–Kier alpha value is -4.60. The largest absolute Gasteiger partial charge is 1.00 e. The molecule has 2 N–H and O–H groups in total. The quantitative estimate of drug-likeness (QED) is 0.117. The average Bonchev–Trinajstić information content (AvgIpc) is 3.77. The van der Waals surface area contributed by atoms with Gasteiger partial charge in [0.15, 0.2) is 18.2 Å². The van der Waals surface area contributed by atoms with Crippen molar-refractivity contribution in [1.29, 1.82) is 5.26 Å². The first-order valence-corrected chi connectivity index (χ1v) is 16.5. The molecule has 1 aliphatic rings. The Kier molecular flexibility index (Phi) is 16.6. The van der Waals surface area contributed by atoms with E-state index in [0.717, 1.165) is 11.6 Å². The highest BCUT2D eigenvalue weighted by molar-refractivity contribution is 7.10. The van der Waals surface area contributed by atoms with Gasteiger partial charge < -0.3 is 27.0 Å². The average molecular weight is 826 g/mol. The van der Waals surface area contributed by atoms with Gasteiger partial charge >= 0.3 is 12.1 Å². The van der Waals surface area contributed by atoms with Crippen LogP contribution >= 0.6 is 36.2 Å². The maximum atomic E-state index is 15.5. The van der Waals surface area contributed by atoms with Crippen molar-refractivity contribution >= 4 is 66.7 Å². The number of esters is 1. The second kappa shape index (κ2) is 19.6. The first-order valence-electron chi connectivity index (χ1n) is 15.7. The summed E-state index contributed by atoms with van der Waals surface area (Å²) in [5, 5.41) is 30.9. The zero-order valence-corrected chi connectivity index (χ0v) is 32.6. The minimum absolute atomic E-state index is 0. The van der Waals surface area contributed by atoms with E-state index in [1.165, 1.54) is 43.2 Å². The predicted octanol–water partition coefficient (Wildman–Crippen LogP) is 3.37. The Bertz CT molecular complexity index is 2000. The van der Waals surface area contributed by atoms with Crippen LogP contribution in [0.2, 0.25) is 0 Å². The van der Waals surface area contributed by atoms with E-state index in [1.807, 2.05) is 0 Å². The minimum atomic E-state index is -2.02. The lowest BCUT2D eigenvalue weighted by Crippen LogP contribution is -3.00. The van der Waals surface area contributed by atoms with Crippen molar-refractivity contribution in [3.8, 4) is 17.3 Å². The third-order valence-electron chi connectivity index (χ3n) is 8.24. The summed E-state index contributed by atoms with van der Waals surface area (Å²) >= 11 is 1.25. The van der Waals surface area contributed by atoms with Gasteiger partial charge in [0.25, 0.3) is 0 Å². The number of aliphatic hydroxyl groups is 1. The van der Waals surface area contributed by atoms with E-state index in [-0.39, 0.29) is 68.3 Å². The van der Waals surface area contributed by atoms with Gasteiger partial charge in [0.05, 0.1) is 27.9 Å². The van der Waals surface area contributed by atoms with Crippen LogP contribution in [0.25, 0.3) is 11.3 Å². The molecule has 4 aromatic rings. The first-order chi connectivity index (χ1) is 24.3. The van der Waals surface area contributed by atoms with Crippen molar-refractivity contribution in [1.82, 2.24) is 14.9 Å². The highest BCUT2D eigenvalue weighted by atomic mass is 35.5. The number of nitriles is 1. The van der Waals surface area contributed by atoms with Crippen LogP contribution in [-0.4, -0.2) is 83.1 Å². The van der Waals surface area contributed by atoms with E-state index in [2.05, 4.69) is 26.5 Å². The fraction of sp³-hybridized carbons (Fsp3) is 0.286. The summed E-state index contributed by atoms with van der Waals surface area (Å²) < 4.78 is 40.0. The number of pyridine rings is 1. The fourth-order valence-electron chi connectivity index (χ4n) is 5.60. The van der Waals surface area contributed by atoms with Crippen LogP contribution in [-0.2, 0) is 19.9 Å². The number of carbonyl (C=O) groups is 2. The van der Waals surface area contributed by atoms with Gasteiger partial charge in [0.1, 0.15) is 37.1 Å². The smallest absolute Gasteiger partial charge is 0.413 e. The Labute approximate surface area is 333 Å². The number of carbonyl (C=O) groups excluding carboxylic acids is 2. The summed E-state index contributed by atoms with van der Waals surface area (Å²) in [6.45, 7) is 2.42. The van der Waals surface area contributed by atoms with E-state index in [0.29, 0.717) is 27.9 Å². The SMILES string of the molecule is CC(=O)OC(c1cccnc1NC(=O)OCC[N+]1(C[C@](O)(c2ccc(F)cc2F)[C@@H](C)c2nc(-c3ccc(C#N)cc3)cs2)C=NC=N1)N(C)C.Cl.Cl.[Cl-]. The minimum Gasteiger partial charge on any atom is -1.00 e. The Morgan fingerprint density at radius 3 is 2.48 bits per heavy atom. The van der Waals surface area contributed by atoms with Crippen molar-refractivity contribution in [2.75, 3.05) is 39.1 Å². The van der Waals surface area contributed by atoms with Crippen LogP contribution in [0.5, 0.6) is 0 Å². The van der Waals surface area contributed by atoms with Crippen molar-refractivity contribution in [3.63, 3.8) is 0 Å². The normalized spacial score (nSPS) is 16.4. The fourth-order valence-corrected chi connectivity index (χ4v) is 6.57. The molecule has 1 amide bonds. The molecular formula is C35H37Cl3F2N8O5S. The molecule has 3 heterocycles. The zero-order chi connectivity index (χ0) is 36.8. The Morgan fingerprint density at radius 1 is 1.15 bits per heavy atom. The molecular weight excluding hydrogens is 789 g/mol. The first kappa shape index (κ1) is 45.6. The third-order valence-corrected chi connectivity index (χ3v) is 9.27. The maximum Gasteiger partial charge on any atom is 0.413 e. The zero-order valence-electron chi connectivity index (χ0n) is 29.4. The summed E-state index contributed by atoms with van der Waals surface area (Å²) in [4.78, 5) is 39.4. The number of aliphatic imine (C=N–C) groups is 1. The molecule has 4 atom stereocenters. The lowest BCUT2D eigenvalue weighted by atomic mass is 9.81. The molecule has 0 bridgehead atoms. The molecule has 5 rings (SSSR count). The summed E-state index contributed by atoms with van der Waals surface area (Å²) in [7, 11) is 3.40. The number of rotatable bonds is 13. The number of anilines is 1. The number of hydrogen-bond donors (Lipinski definition) is 2.